The van der Waals surface area contributed by atoms with Gasteiger partial charge in [0, 0.05) is 14.2 Å². The molecule has 0 aliphatic heterocycles. The Hall–Kier alpha value is -2.44. The van der Waals surface area contributed by atoms with Gasteiger partial charge in [0.15, 0.2) is 0 Å². The van der Waals surface area contributed by atoms with Crippen LogP contribution in [0.1, 0.15) is 5.56 Å². The molecule has 0 spiro atoms. The molecule has 0 saturated heterocycles. The fourth-order valence-electron chi connectivity index (χ4n) is 2.75. The zero-order valence-corrected chi connectivity index (χ0v) is 12.9. The van der Waals surface area contributed by atoms with Gasteiger partial charge in [-0.1, -0.05) is 36.4 Å². The Morgan fingerprint density at radius 3 is 2.09 bits per heavy atom. The predicted octanol–water partition coefficient (Wildman–Crippen LogP) is 1.87. The van der Waals surface area contributed by atoms with Crippen LogP contribution in [-0.4, -0.2) is 42.2 Å². The van der Waals surface area contributed by atoms with Crippen molar-refractivity contribution >= 4 is 11.9 Å². The highest BCUT2D eigenvalue weighted by molar-refractivity contribution is 6.03. The summed E-state index contributed by atoms with van der Waals surface area (Å²) in [6, 6.07) is 9.52. The summed E-state index contributed by atoms with van der Waals surface area (Å²) in [6.07, 6.45) is 4.53. The number of carboxylic acids is 2. The summed E-state index contributed by atoms with van der Waals surface area (Å²) in [4.78, 5) is 23.4. The Morgan fingerprint density at radius 1 is 1.04 bits per heavy atom. The van der Waals surface area contributed by atoms with Crippen molar-refractivity contribution in [3.8, 4) is 0 Å². The third-order valence-corrected chi connectivity index (χ3v) is 4.00. The maximum absolute atomic E-state index is 11.7. The van der Waals surface area contributed by atoms with E-state index in [2.05, 4.69) is 0 Å². The number of allylic oxidation sites excluding steroid dienone is 2. The fraction of sp³-hybridized carbons (Fsp3) is 0.294. The summed E-state index contributed by atoms with van der Waals surface area (Å²) in [7, 11) is 2.44. The van der Waals surface area contributed by atoms with Gasteiger partial charge in [-0.05, 0) is 29.7 Å². The topological polar surface area (TPSA) is 93.1 Å². The minimum atomic E-state index is -2.35. The molecule has 1 aromatic rings. The first kappa shape index (κ1) is 16.9. The van der Waals surface area contributed by atoms with Crippen LogP contribution < -0.4 is 0 Å². The van der Waals surface area contributed by atoms with E-state index in [0.717, 1.165) is 11.6 Å². The standard InChI is InChI=1S/C17H18O6/c1-22-17(23-2)11-13(10-12-6-4-3-5-7-12)8-9-16(17,14(18)19)15(20)21/h3-9,11H,10H2,1-2H3,(H,18,19)(H,20,21). The molecule has 0 amide bonds. The molecule has 0 bridgehead atoms. The summed E-state index contributed by atoms with van der Waals surface area (Å²) < 4.78 is 10.4. The molecule has 23 heavy (non-hydrogen) atoms. The molecule has 2 N–H and O–H groups in total. The smallest absolute Gasteiger partial charge is 0.331 e. The van der Waals surface area contributed by atoms with Crippen molar-refractivity contribution in [3.63, 3.8) is 0 Å². The van der Waals surface area contributed by atoms with Crippen molar-refractivity contribution in [1.29, 1.82) is 0 Å². The van der Waals surface area contributed by atoms with Crippen LogP contribution in [0.4, 0.5) is 0 Å². The second-order valence-corrected chi connectivity index (χ2v) is 5.21. The van der Waals surface area contributed by atoms with E-state index in [4.69, 9.17) is 9.47 Å². The SMILES string of the molecule is COC1(OC)C=C(Cc2ccccc2)C=CC1(C(=O)O)C(=O)O. The highest BCUT2D eigenvalue weighted by Crippen LogP contribution is 2.43. The van der Waals surface area contributed by atoms with E-state index in [1.165, 1.54) is 26.4 Å². The van der Waals surface area contributed by atoms with Gasteiger partial charge in [-0.3, -0.25) is 9.59 Å². The molecule has 1 aliphatic carbocycles. The van der Waals surface area contributed by atoms with Crippen molar-refractivity contribution in [3.05, 3.63) is 59.7 Å². The van der Waals surface area contributed by atoms with Gasteiger partial charge in [-0.15, -0.1) is 0 Å². The molecule has 2 rings (SSSR count). The molecule has 0 unspecified atom stereocenters. The average molecular weight is 318 g/mol. The van der Waals surface area contributed by atoms with Gasteiger partial charge in [-0.25, -0.2) is 0 Å². The molecule has 0 radical (unpaired) electrons. The van der Waals surface area contributed by atoms with E-state index in [1.807, 2.05) is 30.3 Å². The first-order valence-electron chi connectivity index (χ1n) is 6.94. The van der Waals surface area contributed by atoms with Crippen LogP contribution in [-0.2, 0) is 25.5 Å². The lowest BCUT2D eigenvalue weighted by Gasteiger charge is -2.41. The molecule has 1 aliphatic rings. The van der Waals surface area contributed by atoms with Crippen molar-refractivity contribution < 1.29 is 29.3 Å². The molecule has 0 atom stereocenters. The number of ether oxygens (including phenoxy) is 2. The zero-order chi connectivity index (χ0) is 17.1. The second kappa shape index (κ2) is 6.36. The summed E-state index contributed by atoms with van der Waals surface area (Å²) >= 11 is 0. The molecule has 122 valence electrons. The molecule has 0 fully saturated rings. The fourth-order valence-corrected chi connectivity index (χ4v) is 2.75. The summed E-state index contributed by atoms with van der Waals surface area (Å²) in [6.45, 7) is 0. The Balaban J connectivity index is 2.49. The molecule has 0 heterocycles. The minimum Gasteiger partial charge on any atom is -0.480 e. The van der Waals surface area contributed by atoms with Gasteiger partial charge in [0.2, 0.25) is 11.2 Å². The Bertz CT molecular complexity index is 641. The third kappa shape index (κ3) is 2.67. The van der Waals surface area contributed by atoms with Gasteiger partial charge in [0.1, 0.15) is 0 Å². The number of hydrogen-bond donors (Lipinski definition) is 2. The molecule has 0 aromatic heterocycles. The summed E-state index contributed by atoms with van der Waals surface area (Å²) in [5.41, 5.74) is -0.642. The number of carbonyl (C=O) groups is 2. The molecule has 1 aromatic carbocycles. The third-order valence-electron chi connectivity index (χ3n) is 4.00. The van der Waals surface area contributed by atoms with Crippen molar-refractivity contribution in [2.75, 3.05) is 14.2 Å². The van der Waals surface area contributed by atoms with Crippen molar-refractivity contribution in [1.82, 2.24) is 0 Å². The Labute approximate surface area is 133 Å². The largest absolute Gasteiger partial charge is 0.480 e. The number of carboxylic acid groups (broad SMARTS) is 2. The predicted molar refractivity (Wildman–Crippen MR) is 81.8 cm³/mol. The summed E-state index contributed by atoms with van der Waals surface area (Å²) in [5, 5.41) is 19.0. The number of hydrogen-bond acceptors (Lipinski definition) is 4. The average Bonchev–Trinajstić information content (AvgIpc) is 2.55. The zero-order valence-electron chi connectivity index (χ0n) is 12.9. The monoisotopic (exact) mass is 318 g/mol. The molecular weight excluding hydrogens is 300 g/mol. The normalized spacial score (nSPS) is 18.3. The first-order chi connectivity index (χ1) is 10.9. The molecule has 0 saturated carbocycles. The first-order valence-corrected chi connectivity index (χ1v) is 6.94. The van der Waals surface area contributed by atoms with Gasteiger partial charge in [0.25, 0.3) is 0 Å². The van der Waals surface area contributed by atoms with E-state index in [9.17, 15) is 19.8 Å². The van der Waals surface area contributed by atoms with Gasteiger partial charge < -0.3 is 19.7 Å². The molecular formula is C17H18O6. The molecule has 6 heteroatoms. The highest BCUT2D eigenvalue weighted by atomic mass is 16.7. The molecule has 6 nitrogen and oxygen atoms in total. The van der Waals surface area contributed by atoms with Gasteiger partial charge in [-0.2, -0.15) is 0 Å². The maximum Gasteiger partial charge on any atom is 0.331 e. The van der Waals surface area contributed by atoms with Gasteiger partial charge >= 0.3 is 11.9 Å². The number of aliphatic carboxylic acids is 2. The van der Waals surface area contributed by atoms with Gasteiger partial charge in [0.05, 0.1) is 0 Å². The van der Waals surface area contributed by atoms with E-state index in [-0.39, 0.29) is 0 Å². The lowest BCUT2D eigenvalue weighted by atomic mass is 9.73. The number of methoxy groups -OCH3 is 2. The summed E-state index contributed by atoms with van der Waals surface area (Å²) in [5.74, 6) is -5.04. The lowest BCUT2D eigenvalue weighted by molar-refractivity contribution is -0.238. The minimum absolute atomic E-state index is 0.501. The van der Waals surface area contributed by atoms with E-state index in [1.54, 1.807) is 0 Å². The van der Waals surface area contributed by atoms with Crippen LogP contribution >= 0.6 is 0 Å². The van der Waals surface area contributed by atoms with Crippen LogP contribution in [0.2, 0.25) is 0 Å². The maximum atomic E-state index is 11.7. The van der Waals surface area contributed by atoms with E-state index >= 15 is 0 Å². The van der Waals surface area contributed by atoms with Crippen molar-refractivity contribution in [2.45, 2.75) is 12.2 Å². The van der Waals surface area contributed by atoms with Crippen LogP contribution in [0.3, 0.4) is 0 Å². The number of rotatable bonds is 6. The van der Waals surface area contributed by atoms with Crippen LogP contribution in [0.15, 0.2) is 54.1 Å². The Kier molecular flexibility index (Phi) is 4.68. The van der Waals surface area contributed by atoms with E-state index < -0.39 is 23.1 Å². The lowest BCUT2D eigenvalue weighted by Crippen LogP contribution is -2.59. The quantitative estimate of drug-likeness (QED) is 0.614. The van der Waals surface area contributed by atoms with Crippen LogP contribution in [0.5, 0.6) is 0 Å². The van der Waals surface area contributed by atoms with Crippen LogP contribution in [0, 0.1) is 5.41 Å². The second-order valence-electron chi connectivity index (χ2n) is 5.21. The van der Waals surface area contributed by atoms with E-state index in [0.29, 0.717) is 12.0 Å². The highest BCUT2D eigenvalue weighted by Gasteiger charge is 2.63. The Morgan fingerprint density at radius 2 is 1.61 bits per heavy atom. The van der Waals surface area contributed by atoms with Crippen molar-refractivity contribution in [2.24, 2.45) is 5.41 Å². The number of benzene rings is 1. The van der Waals surface area contributed by atoms with Crippen LogP contribution in [0.25, 0.3) is 0 Å².